The highest BCUT2D eigenvalue weighted by atomic mass is 35.5. The van der Waals surface area contributed by atoms with E-state index in [1.807, 2.05) is 19.1 Å². The molecule has 0 atom stereocenters. The second-order valence-corrected chi connectivity index (χ2v) is 4.40. The Morgan fingerprint density at radius 2 is 2.50 bits per heavy atom. The first-order valence-electron chi connectivity index (χ1n) is 4.41. The third-order valence-electron chi connectivity index (χ3n) is 1.78. The predicted octanol–water partition coefficient (Wildman–Crippen LogP) is 2.58. The fourth-order valence-corrected chi connectivity index (χ4v) is 2.05. The molecule has 16 heavy (non-hydrogen) atoms. The number of hydrogen-bond acceptors (Lipinski definition) is 6. The maximum absolute atomic E-state index is 8.70. The van der Waals surface area contributed by atoms with Crippen molar-refractivity contribution in [2.24, 2.45) is 0 Å². The molecule has 2 heterocycles. The van der Waals surface area contributed by atoms with Crippen molar-refractivity contribution in [1.82, 2.24) is 10.1 Å². The van der Waals surface area contributed by atoms with Crippen LogP contribution in [0.25, 0.3) is 0 Å². The highest BCUT2D eigenvalue weighted by Crippen LogP contribution is 2.26. The summed E-state index contributed by atoms with van der Waals surface area (Å²) in [7, 11) is 0. The van der Waals surface area contributed by atoms with Gasteiger partial charge in [0.05, 0.1) is 12.2 Å². The van der Waals surface area contributed by atoms with Crippen LogP contribution in [0.1, 0.15) is 16.3 Å². The monoisotopic (exact) mass is 254 g/mol. The Morgan fingerprint density at radius 1 is 1.69 bits per heavy atom. The van der Waals surface area contributed by atoms with Gasteiger partial charge in [-0.05, 0) is 6.92 Å². The lowest BCUT2D eigenvalue weighted by Gasteiger charge is -1.96. The largest absolute Gasteiger partial charge is 0.359 e. The fraction of sp³-hybridized carbons (Fsp3) is 0.222. The van der Waals surface area contributed by atoms with E-state index >= 15 is 0 Å². The standard InChI is InChI=1S/C9H7ClN4OS/c1-5-2-6(15-14-5)4-12-9-13-8(10)7(3-11)16-9/h2H,4H2,1H3,(H,12,13). The van der Waals surface area contributed by atoms with Gasteiger partial charge in [0.2, 0.25) is 0 Å². The number of hydrogen-bond donors (Lipinski definition) is 1. The van der Waals surface area contributed by atoms with Crippen molar-refractivity contribution in [3.05, 3.63) is 27.6 Å². The molecular weight excluding hydrogens is 248 g/mol. The molecule has 5 nitrogen and oxygen atoms in total. The highest BCUT2D eigenvalue weighted by molar-refractivity contribution is 7.16. The molecule has 1 N–H and O–H groups in total. The third-order valence-corrected chi connectivity index (χ3v) is 3.08. The van der Waals surface area contributed by atoms with Crippen LogP contribution in [0, 0.1) is 18.3 Å². The molecule has 2 rings (SSSR count). The summed E-state index contributed by atoms with van der Waals surface area (Å²) < 4.78 is 5.02. The van der Waals surface area contributed by atoms with Gasteiger partial charge in [-0.25, -0.2) is 4.98 Å². The molecule has 7 heteroatoms. The van der Waals surface area contributed by atoms with E-state index in [4.69, 9.17) is 21.4 Å². The van der Waals surface area contributed by atoms with Gasteiger partial charge >= 0.3 is 0 Å². The number of nitriles is 1. The van der Waals surface area contributed by atoms with Crippen molar-refractivity contribution < 1.29 is 4.52 Å². The molecule has 0 fully saturated rings. The smallest absolute Gasteiger partial charge is 0.185 e. The van der Waals surface area contributed by atoms with Gasteiger partial charge in [0, 0.05) is 6.07 Å². The van der Waals surface area contributed by atoms with Crippen LogP contribution >= 0.6 is 22.9 Å². The normalized spacial score (nSPS) is 10.1. The van der Waals surface area contributed by atoms with Crippen LogP contribution in [0.2, 0.25) is 5.15 Å². The summed E-state index contributed by atoms with van der Waals surface area (Å²) in [6.45, 7) is 2.32. The van der Waals surface area contributed by atoms with Crippen molar-refractivity contribution in [2.45, 2.75) is 13.5 Å². The average Bonchev–Trinajstić information content (AvgIpc) is 2.82. The molecule has 2 aromatic rings. The summed E-state index contributed by atoms with van der Waals surface area (Å²) in [6.07, 6.45) is 0. The van der Waals surface area contributed by atoms with Gasteiger partial charge in [0.1, 0.15) is 10.9 Å². The van der Waals surface area contributed by atoms with Crippen molar-refractivity contribution in [1.29, 1.82) is 5.26 Å². The zero-order chi connectivity index (χ0) is 11.5. The van der Waals surface area contributed by atoms with Crippen LogP contribution in [0.3, 0.4) is 0 Å². The number of anilines is 1. The minimum absolute atomic E-state index is 0.226. The zero-order valence-electron chi connectivity index (χ0n) is 8.32. The van der Waals surface area contributed by atoms with Crippen molar-refractivity contribution in [2.75, 3.05) is 5.32 Å². The van der Waals surface area contributed by atoms with Gasteiger partial charge in [-0.1, -0.05) is 28.1 Å². The first-order chi connectivity index (χ1) is 7.69. The van der Waals surface area contributed by atoms with E-state index in [1.165, 1.54) is 11.3 Å². The van der Waals surface area contributed by atoms with Crippen LogP contribution in [-0.4, -0.2) is 10.1 Å². The Morgan fingerprint density at radius 3 is 3.06 bits per heavy atom. The second-order valence-electron chi connectivity index (χ2n) is 3.04. The van der Waals surface area contributed by atoms with Crippen molar-refractivity contribution >= 4 is 28.1 Å². The molecule has 0 amide bonds. The molecule has 0 aliphatic heterocycles. The number of aromatic nitrogens is 2. The van der Waals surface area contributed by atoms with E-state index in [-0.39, 0.29) is 5.15 Å². The molecule has 0 aliphatic carbocycles. The minimum atomic E-state index is 0.226. The first-order valence-corrected chi connectivity index (χ1v) is 5.61. The van der Waals surface area contributed by atoms with E-state index in [9.17, 15) is 0 Å². The Balaban J connectivity index is 2.02. The molecule has 0 unspecified atom stereocenters. The average molecular weight is 255 g/mol. The van der Waals surface area contributed by atoms with E-state index in [2.05, 4.69) is 15.5 Å². The van der Waals surface area contributed by atoms with E-state index in [0.29, 0.717) is 22.3 Å². The van der Waals surface area contributed by atoms with E-state index in [1.54, 1.807) is 0 Å². The quantitative estimate of drug-likeness (QED) is 0.911. The summed E-state index contributed by atoms with van der Waals surface area (Å²) in [6, 6.07) is 3.79. The molecule has 0 aromatic carbocycles. The molecule has 0 saturated carbocycles. The molecule has 0 spiro atoms. The lowest BCUT2D eigenvalue weighted by atomic mass is 10.4. The van der Waals surface area contributed by atoms with Crippen molar-refractivity contribution in [3.63, 3.8) is 0 Å². The summed E-state index contributed by atoms with van der Waals surface area (Å²) >= 11 is 6.94. The number of rotatable bonds is 3. The summed E-state index contributed by atoms with van der Waals surface area (Å²) in [5, 5.41) is 16.3. The number of nitrogens with one attached hydrogen (secondary N) is 1. The zero-order valence-corrected chi connectivity index (χ0v) is 9.89. The Labute approximate surface area is 101 Å². The van der Waals surface area contributed by atoms with Crippen molar-refractivity contribution in [3.8, 4) is 6.07 Å². The number of nitrogens with zero attached hydrogens (tertiary/aromatic N) is 3. The Hall–Kier alpha value is -1.58. The molecule has 0 saturated heterocycles. The Bertz CT molecular complexity index is 542. The highest BCUT2D eigenvalue weighted by Gasteiger charge is 2.08. The van der Waals surface area contributed by atoms with Gasteiger partial charge in [0.25, 0.3) is 0 Å². The number of aryl methyl sites for hydroxylation is 1. The second kappa shape index (κ2) is 4.51. The van der Waals surface area contributed by atoms with Gasteiger partial charge in [-0.3, -0.25) is 0 Å². The van der Waals surface area contributed by atoms with Gasteiger partial charge in [-0.15, -0.1) is 0 Å². The third kappa shape index (κ3) is 2.32. The molecule has 0 bridgehead atoms. The van der Waals surface area contributed by atoms with Gasteiger partial charge in [-0.2, -0.15) is 5.26 Å². The van der Waals surface area contributed by atoms with Crippen LogP contribution in [0.15, 0.2) is 10.6 Å². The minimum Gasteiger partial charge on any atom is -0.359 e. The lowest BCUT2D eigenvalue weighted by Crippen LogP contribution is -1.96. The van der Waals surface area contributed by atoms with E-state index < -0.39 is 0 Å². The van der Waals surface area contributed by atoms with Crippen LogP contribution in [-0.2, 0) is 6.54 Å². The summed E-state index contributed by atoms with van der Waals surface area (Å²) in [5.41, 5.74) is 0.826. The SMILES string of the molecule is Cc1cc(CNc2nc(Cl)c(C#N)s2)on1. The molecule has 2 aromatic heterocycles. The topological polar surface area (TPSA) is 74.7 Å². The molecule has 0 radical (unpaired) electrons. The molecule has 0 aliphatic rings. The van der Waals surface area contributed by atoms with Gasteiger partial charge < -0.3 is 9.84 Å². The van der Waals surface area contributed by atoms with Crippen LogP contribution in [0.4, 0.5) is 5.13 Å². The predicted molar refractivity (Wildman–Crippen MR) is 60.4 cm³/mol. The Kier molecular flexibility index (Phi) is 3.08. The summed E-state index contributed by atoms with van der Waals surface area (Å²) in [5.74, 6) is 0.710. The van der Waals surface area contributed by atoms with Gasteiger partial charge in [0.15, 0.2) is 16.0 Å². The van der Waals surface area contributed by atoms with Crippen LogP contribution < -0.4 is 5.32 Å². The maximum atomic E-state index is 8.70. The fourth-order valence-electron chi connectivity index (χ4n) is 1.11. The molecular formula is C9H7ClN4OS. The lowest BCUT2D eigenvalue weighted by molar-refractivity contribution is 0.384. The van der Waals surface area contributed by atoms with Crippen LogP contribution in [0.5, 0.6) is 0 Å². The number of halogens is 1. The molecule has 82 valence electrons. The first kappa shape index (κ1) is 10.9. The maximum Gasteiger partial charge on any atom is 0.185 e. The summed E-state index contributed by atoms with van der Waals surface area (Å²) in [4.78, 5) is 4.39. The number of thiazole rings is 1. The van der Waals surface area contributed by atoms with E-state index in [0.717, 1.165) is 5.69 Å².